The summed E-state index contributed by atoms with van der Waals surface area (Å²) in [6.45, 7) is 4.97. The minimum atomic E-state index is -0.844. The van der Waals surface area contributed by atoms with Crippen LogP contribution in [0.4, 0.5) is 0 Å². The van der Waals surface area contributed by atoms with Crippen LogP contribution in [-0.4, -0.2) is 47.4 Å². The SMILES string of the molecule is CCCCCCCCCCCCCCCCCCCCCCC/C=C/C(O)C(CO)NC(=O)CCCCCCCCCCCCCCCCCCC/C=C\C/C=C\CCCCCCCCCCCCCCCCCOC(=O)CCCCCCCCCCCCCCCCCCCC. The Hall–Kier alpha value is -1.92. The summed E-state index contributed by atoms with van der Waals surface area (Å²) < 4.78 is 5.52. The van der Waals surface area contributed by atoms with Gasteiger partial charge in [0.2, 0.25) is 5.91 Å². The Kier molecular flexibility index (Phi) is 84.8. The van der Waals surface area contributed by atoms with Crippen LogP contribution < -0.4 is 5.32 Å². The van der Waals surface area contributed by atoms with Gasteiger partial charge in [0, 0.05) is 12.8 Å². The third-order valence-corrected chi connectivity index (χ3v) is 21.2. The van der Waals surface area contributed by atoms with Gasteiger partial charge in [-0.3, -0.25) is 9.59 Å². The summed E-state index contributed by atoms with van der Waals surface area (Å²) in [6.07, 6.45) is 115. The van der Waals surface area contributed by atoms with Crippen molar-refractivity contribution in [1.29, 1.82) is 0 Å². The third-order valence-electron chi connectivity index (χ3n) is 21.2. The zero-order chi connectivity index (χ0) is 69.8. The predicted octanol–water partition coefficient (Wildman–Crippen LogP) is 30.1. The van der Waals surface area contributed by atoms with Gasteiger partial charge in [0.05, 0.1) is 25.4 Å². The number of amides is 1. The maximum atomic E-state index is 12.6. The molecule has 0 rings (SSSR count). The van der Waals surface area contributed by atoms with Crippen molar-refractivity contribution in [3.8, 4) is 0 Å². The topological polar surface area (TPSA) is 95.9 Å². The van der Waals surface area contributed by atoms with Gasteiger partial charge in [0.25, 0.3) is 0 Å². The quantitative estimate of drug-likeness (QED) is 0.0320. The predicted molar refractivity (Wildman–Crippen MR) is 430 cm³/mol. The van der Waals surface area contributed by atoms with Gasteiger partial charge in [-0.2, -0.15) is 0 Å². The van der Waals surface area contributed by atoms with Crippen molar-refractivity contribution in [3.05, 3.63) is 36.5 Å². The van der Waals surface area contributed by atoms with Crippen LogP contribution in [0.1, 0.15) is 508 Å². The molecule has 2 atom stereocenters. The number of rotatable bonds is 85. The standard InChI is InChI=1S/C91H175NO5/c1-3-5-7-9-11-13-15-17-19-21-23-24-42-45-48-51-55-59-63-67-71-75-79-83-89(94)88(87-93)92-90(95)84-80-76-72-68-64-60-56-52-49-46-43-40-38-36-34-32-30-28-26-25-27-29-31-33-35-37-39-41-44-47-50-54-58-62-66-70-74-78-82-86-97-91(96)85-81-77-73-69-65-61-57-53-22-20-18-16-14-12-10-8-6-4-2/h25-26,29,31,79,83,88-89,93-94H,3-24,27-28,30,32-78,80-82,84-87H2,1-2H3,(H,92,95)/b26-25-,31-29-,83-79+. The Bertz CT molecular complexity index is 1570. The van der Waals surface area contributed by atoms with Crippen LogP contribution in [0.2, 0.25) is 0 Å². The van der Waals surface area contributed by atoms with Crippen molar-refractivity contribution in [3.63, 3.8) is 0 Å². The van der Waals surface area contributed by atoms with E-state index >= 15 is 0 Å². The van der Waals surface area contributed by atoms with Gasteiger partial charge in [-0.1, -0.05) is 468 Å². The lowest BCUT2D eigenvalue weighted by molar-refractivity contribution is -0.143. The first-order chi connectivity index (χ1) is 48.0. The van der Waals surface area contributed by atoms with E-state index in [4.69, 9.17) is 4.74 Å². The third kappa shape index (κ3) is 82.9. The molecule has 0 radical (unpaired) electrons. The van der Waals surface area contributed by atoms with Gasteiger partial charge in [-0.15, -0.1) is 0 Å². The van der Waals surface area contributed by atoms with Crippen molar-refractivity contribution in [2.24, 2.45) is 0 Å². The van der Waals surface area contributed by atoms with Gasteiger partial charge >= 0.3 is 5.97 Å². The van der Waals surface area contributed by atoms with E-state index in [-0.39, 0.29) is 18.5 Å². The average molecular weight is 1360 g/mol. The highest BCUT2D eigenvalue weighted by Gasteiger charge is 2.18. The van der Waals surface area contributed by atoms with Crippen LogP contribution in [0.5, 0.6) is 0 Å². The van der Waals surface area contributed by atoms with E-state index in [0.717, 1.165) is 44.9 Å². The first-order valence-electron chi connectivity index (χ1n) is 44.8. The summed E-state index contributed by atoms with van der Waals surface area (Å²) in [5.74, 6) is -0.0338. The van der Waals surface area contributed by atoms with Crippen molar-refractivity contribution in [2.75, 3.05) is 13.2 Å². The molecule has 0 aliphatic rings. The Morgan fingerprint density at radius 3 is 0.784 bits per heavy atom. The van der Waals surface area contributed by atoms with Crippen molar-refractivity contribution in [2.45, 2.75) is 520 Å². The molecule has 0 heterocycles. The summed E-state index contributed by atoms with van der Waals surface area (Å²) >= 11 is 0. The largest absolute Gasteiger partial charge is 0.466 e. The minimum absolute atomic E-state index is 0.0257. The number of carbonyl (C=O) groups is 2. The maximum absolute atomic E-state index is 12.6. The molecule has 0 saturated heterocycles. The Balaban J connectivity index is 3.36. The molecule has 6 heteroatoms. The van der Waals surface area contributed by atoms with Crippen molar-refractivity contribution >= 4 is 11.9 Å². The summed E-state index contributed by atoms with van der Waals surface area (Å²) in [5, 5.41) is 23.3. The fraction of sp³-hybridized carbons (Fsp3) is 0.912. The number of unbranched alkanes of at least 4 members (excludes halogenated alkanes) is 70. The number of carbonyl (C=O) groups excluding carboxylic acids is 2. The number of nitrogens with one attached hydrogen (secondary N) is 1. The van der Waals surface area contributed by atoms with Crippen LogP contribution in [-0.2, 0) is 14.3 Å². The number of ether oxygens (including phenoxy) is 1. The van der Waals surface area contributed by atoms with Gasteiger partial charge in [0.1, 0.15) is 0 Å². The smallest absolute Gasteiger partial charge is 0.305 e. The fourth-order valence-electron chi connectivity index (χ4n) is 14.4. The molecule has 0 aromatic carbocycles. The number of allylic oxidation sites excluding steroid dienone is 5. The van der Waals surface area contributed by atoms with Gasteiger partial charge in [-0.05, 0) is 64.2 Å². The summed E-state index contributed by atoms with van der Waals surface area (Å²) in [6, 6.07) is -0.627. The lowest BCUT2D eigenvalue weighted by Gasteiger charge is -2.20. The number of hydrogen-bond donors (Lipinski definition) is 3. The normalized spacial score (nSPS) is 12.6. The number of aliphatic hydroxyl groups is 2. The molecule has 97 heavy (non-hydrogen) atoms. The van der Waals surface area contributed by atoms with Crippen LogP contribution in [0.15, 0.2) is 36.5 Å². The molecule has 2 unspecified atom stereocenters. The van der Waals surface area contributed by atoms with Gasteiger partial charge in [-0.25, -0.2) is 0 Å². The number of aliphatic hydroxyl groups excluding tert-OH is 2. The fourth-order valence-corrected chi connectivity index (χ4v) is 14.4. The summed E-state index contributed by atoms with van der Waals surface area (Å²) in [7, 11) is 0. The summed E-state index contributed by atoms with van der Waals surface area (Å²) in [4.78, 5) is 24.7. The van der Waals surface area contributed by atoms with E-state index < -0.39 is 12.1 Å². The van der Waals surface area contributed by atoms with Crippen LogP contribution in [0, 0.1) is 0 Å². The Labute approximate surface area is 608 Å². The molecular formula is C91H175NO5. The Morgan fingerprint density at radius 1 is 0.289 bits per heavy atom. The van der Waals surface area contributed by atoms with Crippen LogP contribution in [0.3, 0.4) is 0 Å². The monoisotopic (exact) mass is 1360 g/mol. The van der Waals surface area contributed by atoms with E-state index in [2.05, 4.69) is 43.5 Å². The zero-order valence-corrected chi connectivity index (χ0v) is 66.1. The lowest BCUT2D eigenvalue weighted by atomic mass is 10.0. The number of hydrogen-bond acceptors (Lipinski definition) is 5. The van der Waals surface area contributed by atoms with E-state index in [1.165, 1.54) is 437 Å². The molecule has 0 aromatic rings. The summed E-state index contributed by atoms with van der Waals surface area (Å²) in [5.41, 5.74) is 0. The van der Waals surface area contributed by atoms with E-state index in [0.29, 0.717) is 19.4 Å². The molecule has 6 nitrogen and oxygen atoms in total. The molecule has 0 bridgehead atoms. The van der Waals surface area contributed by atoms with Crippen molar-refractivity contribution in [1.82, 2.24) is 5.32 Å². The lowest BCUT2D eigenvalue weighted by Crippen LogP contribution is -2.45. The first kappa shape index (κ1) is 95.1. The molecule has 0 aliphatic heterocycles. The molecule has 574 valence electrons. The van der Waals surface area contributed by atoms with E-state index in [1.807, 2.05) is 6.08 Å². The van der Waals surface area contributed by atoms with Crippen LogP contribution >= 0.6 is 0 Å². The highest BCUT2D eigenvalue weighted by Crippen LogP contribution is 2.21. The first-order valence-corrected chi connectivity index (χ1v) is 44.8. The molecule has 3 N–H and O–H groups in total. The second-order valence-electron chi connectivity index (χ2n) is 30.9. The van der Waals surface area contributed by atoms with E-state index in [1.54, 1.807) is 6.08 Å². The van der Waals surface area contributed by atoms with Gasteiger partial charge < -0.3 is 20.3 Å². The minimum Gasteiger partial charge on any atom is -0.466 e. The molecule has 0 fully saturated rings. The highest BCUT2D eigenvalue weighted by atomic mass is 16.5. The van der Waals surface area contributed by atoms with Gasteiger partial charge in [0.15, 0.2) is 0 Å². The molecule has 0 saturated carbocycles. The molecular weight excluding hydrogens is 1190 g/mol. The van der Waals surface area contributed by atoms with Crippen LogP contribution in [0.25, 0.3) is 0 Å². The molecule has 0 spiro atoms. The molecule has 0 aliphatic carbocycles. The molecule has 1 amide bonds. The molecule has 0 aromatic heterocycles. The van der Waals surface area contributed by atoms with Crippen molar-refractivity contribution < 1.29 is 24.5 Å². The number of esters is 1. The average Bonchev–Trinajstić information content (AvgIpc) is 3.39. The second-order valence-corrected chi connectivity index (χ2v) is 30.9. The maximum Gasteiger partial charge on any atom is 0.305 e. The second kappa shape index (κ2) is 86.5. The zero-order valence-electron chi connectivity index (χ0n) is 66.1. The Morgan fingerprint density at radius 2 is 0.515 bits per heavy atom. The highest BCUT2D eigenvalue weighted by molar-refractivity contribution is 5.76. The van der Waals surface area contributed by atoms with E-state index in [9.17, 15) is 19.8 Å².